The van der Waals surface area contributed by atoms with Gasteiger partial charge in [0.2, 0.25) is 5.43 Å². The summed E-state index contributed by atoms with van der Waals surface area (Å²) in [6, 6.07) is 1.14. The smallest absolute Gasteiger partial charge is 0.342 e. The van der Waals surface area contributed by atoms with E-state index in [0.29, 0.717) is 44.1 Å². The number of piperazine rings is 1. The Balaban J connectivity index is 1.45. The van der Waals surface area contributed by atoms with Crippen LogP contribution in [0, 0.1) is 22.9 Å². The van der Waals surface area contributed by atoms with Gasteiger partial charge in [-0.1, -0.05) is 0 Å². The number of hydrogen-bond acceptors (Lipinski definition) is 8. The Morgan fingerprint density at radius 1 is 1.32 bits per heavy atom. The highest BCUT2D eigenvalue weighted by molar-refractivity contribution is 5.97. The highest BCUT2D eigenvalue weighted by Crippen LogP contribution is 2.44. The van der Waals surface area contributed by atoms with Gasteiger partial charge in [-0.25, -0.2) is 18.7 Å². The number of carboxylic acids is 1. The van der Waals surface area contributed by atoms with Crippen LogP contribution in [0.3, 0.4) is 0 Å². The molecule has 2 aromatic heterocycles. The van der Waals surface area contributed by atoms with Gasteiger partial charge in [0.25, 0.3) is 0 Å². The quantitative estimate of drug-likeness (QED) is 0.346. The molecule has 1 atom stereocenters. The molecule has 38 heavy (non-hydrogen) atoms. The van der Waals surface area contributed by atoms with Gasteiger partial charge >= 0.3 is 11.8 Å². The topological polar surface area (TPSA) is 136 Å². The van der Waals surface area contributed by atoms with Crippen LogP contribution in [0.4, 0.5) is 15.9 Å². The lowest BCUT2D eigenvalue weighted by Crippen LogP contribution is -2.53. The molecule has 0 radical (unpaired) electrons. The predicted octanol–water partition coefficient (Wildman–Crippen LogP) is 2.81. The second kappa shape index (κ2) is 9.71. The normalized spacial score (nSPS) is 18.2. The first-order chi connectivity index (χ1) is 18.1. The lowest BCUT2D eigenvalue weighted by atomic mass is 10.1. The molecule has 1 unspecified atom stereocenters. The molecule has 1 aliphatic heterocycles. The molecule has 1 aliphatic carbocycles. The Labute approximate surface area is 217 Å². The zero-order valence-corrected chi connectivity index (χ0v) is 21.4. The molecule has 13 heteroatoms. The van der Waals surface area contributed by atoms with E-state index in [2.05, 4.69) is 9.88 Å². The number of benzene rings is 1. The van der Waals surface area contributed by atoms with Crippen LogP contribution >= 0.6 is 0 Å². The summed E-state index contributed by atoms with van der Waals surface area (Å²) < 4.78 is 24.6. The monoisotopic (exact) mass is 528 g/mol. The Morgan fingerprint density at radius 3 is 2.66 bits per heavy atom. The number of anilines is 1. The molecule has 5 rings (SSSR count). The Hall–Kier alpha value is -4.00. The molecule has 3 aromatic rings. The van der Waals surface area contributed by atoms with Crippen LogP contribution in [0.25, 0.3) is 10.9 Å². The number of imidazole rings is 1. The van der Waals surface area contributed by atoms with Crippen molar-refractivity contribution in [1.29, 1.82) is 0 Å². The molecule has 202 valence electrons. The van der Waals surface area contributed by atoms with Gasteiger partial charge in [-0.05, 0) is 30.8 Å². The van der Waals surface area contributed by atoms with Crippen LogP contribution in [-0.4, -0.2) is 74.3 Å². The number of halogens is 1. The third kappa shape index (κ3) is 4.36. The number of rotatable bonds is 8. The SMILES string of the molecule is COc1c(N2CCN(CCn3c([N+](=O)[O-])cnc3C)C(C)C2)c(F)cc2c(=O)c(C(=O)O)cn(C3CC3)c12. The van der Waals surface area contributed by atoms with E-state index in [0.717, 1.165) is 18.9 Å². The summed E-state index contributed by atoms with van der Waals surface area (Å²) in [5.74, 6) is -1.27. The molecule has 2 fully saturated rings. The molecular weight excluding hydrogens is 499 g/mol. The van der Waals surface area contributed by atoms with E-state index in [1.807, 2.05) is 11.8 Å². The second-order valence-electron chi connectivity index (χ2n) is 9.86. The number of nitrogens with zero attached hydrogens (tertiary/aromatic N) is 6. The summed E-state index contributed by atoms with van der Waals surface area (Å²) in [5.41, 5.74) is -0.492. The lowest BCUT2D eigenvalue weighted by Gasteiger charge is -2.41. The first-order valence-corrected chi connectivity index (χ1v) is 12.5. The van der Waals surface area contributed by atoms with E-state index in [1.54, 1.807) is 16.1 Å². The van der Waals surface area contributed by atoms with Gasteiger partial charge in [-0.15, -0.1) is 0 Å². The van der Waals surface area contributed by atoms with Gasteiger partial charge in [0.1, 0.15) is 24.0 Å². The van der Waals surface area contributed by atoms with Crippen LogP contribution in [0.1, 0.15) is 42.0 Å². The summed E-state index contributed by atoms with van der Waals surface area (Å²) >= 11 is 0. The highest BCUT2D eigenvalue weighted by atomic mass is 19.1. The summed E-state index contributed by atoms with van der Waals surface area (Å²) in [6.07, 6.45) is 4.26. The minimum atomic E-state index is -1.35. The maximum Gasteiger partial charge on any atom is 0.342 e. The van der Waals surface area contributed by atoms with Gasteiger partial charge in [0, 0.05) is 51.4 Å². The summed E-state index contributed by atoms with van der Waals surface area (Å²) in [6.45, 7) is 6.20. The van der Waals surface area contributed by atoms with Crippen molar-refractivity contribution in [3.63, 3.8) is 0 Å². The minimum absolute atomic E-state index is 0.00792. The zero-order valence-electron chi connectivity index (χ0n) is 21.4. The number of carboxylic acid groups (broad SMARTS) is 1. The molecular formula is C25H29FN6O6. The molecule has 12 nitrogen and oxygen atoms in total. The number of fused-ring (bicyclic) bond motifs is 1. The molecule has 2 aliphatic rings. The maximum atomic E-state index is 15.6. The van der Waals surface area contributed by atoms with E-state index < -0.39 is 27.7 Å². The predicted molar refractivity (Wildman–Crippen MR) is 137 cm³/mol. The molecule has 1 saturated carbocycles. The zero-order chi connectivity index (χ0) is 27.3. The first kappa shape index (κ1) is 25.6. The number of methoxy groups -OCH3 is 1. The van der Waals surface area contributed by atoms with Crippen molar-refractivity contribution in [1.82, 2.24) is 19.0 Å². The first-order valence-electron chi connectivity index (χ1n) is 12.5. The molecule has 0 amide bonds. The molecule has 3 heterocycles. The molecule has 1 N–H and O–H groups in total. The van der Waals surface area contributed by atoms with E-state index in [9.17, 15) is 24.8 Å². The Kier molecular flexibility index (Phi) is 6.55. The van der Waals surface area contributed by atoms with Crippen molar-refractivity contribution >= 4 is 28.4 Å². The van der Waals surface area contributed by atoms with Gasteiger partial charge < -0.3 is 29.4 Å². The van der Waals surface area contributed by atoms with Crippen molar-refractivity contribution in [3.8, 4) is 5.75 Å². The summed E-state index contributed by atoms with van der Waals surface area (Å²) in [5, 5.41) is 20.8. The van der Waals surface area contributed by atoms with Gasteiger partial charge in [-0.3, -0.25) is 9.69 Å². The number of aromatic carboxylic acids is 1. The number of aromatic nitrogens is 3. The Bertz CT molecular complexity index is 1500. The average Bonchev–Trinajstić information content (AvgIpc) is 3.64. The number of pyridine rings is 1. The summed E-state index contributed by atoms with van der Waals surface area (Å²) in [7, 11) is 1.42. The van der Waals surface area contributed by atoms with Crippen molar-refractivity contribution < 1.29 is 24.0 Å². The summed E-state index contributed by atoms with van der Waals surface area (Å²) in [4.78, 5) is 43.6. The fraction of sp³-hybridized carbons (Fsp3) is 0.480. The van der Waals surface area contributed by atoms with E-state index in [1.165, 1.54) is 19.5 Å². The van der Waals surface area contributed by atoms with E-state index in [4.69, 9.17) is 4.74 Å². The van der Waals surface area contributed by atoms with Crippen molar-refractivity contribution in [2.75, 3.05) is 38.2 Å². The number of nitro groups is 1. The third-order valence-corrected chi connectivity index (χ3v) is 7.49. The van der Waals surface area contributed by atoms with Crippen LogP contribution in [0.2, 0.25) is 0 Å². The number of aryl methyl sites for hydroxylation is 1. The Morgan fingerprint density at radius 2 is 2.05 bits per heavy atom. The molecule has 0 bridgehead atoms. The largest absolute Gasteiger partial charge is 0.492 e. The number of hydrogen-bond donors (Lipinski definition) is 1. The lowest BCUT2D eigenvalue weighted by molar-refractivity contribution is -0.392. The van der Waals surface area contributed by atoms with Crippen LogP contribution in [0.5, 0.6) is 5.75 Å². The van der Waals surface area contributed by atoms with E-state index in [-0.39, 0.29) is 34.7 Å². The van der Waals surface area contributed by atoms with Crippen LogP contribution < -0.4 is 15.1 Å². The average molecular weight is 529 g/mol. The minimum Gasteiger partial charge on any atom is -0.492 e. The highest BCUT2D eigenvalue weighted by Gasteiger charge is 2.33. The number of ether oxygens (including phenoxy) is 1. The molecule has 1 aromatic carbocycles. The van der Waals surface area contributed by atoms with Crippen molar-refractivity contribution in [3.05, 3.63) is 56.0 Å². The molecule has 1 saturated heterocycles. The van der Waals surface area contributed by atoms with Crippen LogP contribution in [0.15, 0.2) is 23.3 Å². The number of carbonyl (C=O) groups is 1. The maximum absolute atomic E-state index is 15.6. The van der Waals surface area contributed by atoms with Gasteiger partial charge in [-0.2, -0.15) is 0 Å². The second-order valence-corrected chi connectivity index (χ2v) is 9.86. The fourth-order valence-corrected chi connectivity index (χ4v) is 5.36. The van der Waals surface area contributed by atoms with Gasteiger partial charge in [0.05, 0.1) is 18.0 Å². The standard InChI is InChI=1S/C25H29FN6O6/c1-14-12-29(7-6-28(14)8-9-30-15(2)27-11-20(30)32(36)37)22-19(26)10-17-21(24(22)38-3)31(16-4-5-16)13-18(23(17)33)25(34)35/h10-11,13-14,16H,4-9,12H2,1-3H3,(H,34,35). The van der Waals surface area contributed by atoms with Gasteiger partial charge in [0.15, 0.2) is 17.4 Å². The van der Waals surface area contributed by atoms with E-state index >= 15 is 4.39 Å². The fourth-order valence-electron chi connectivity index (χ4n) is 5.36. The molecule has 0 spiro atoms. The third-order valence-electron chi connectivity index (χ3n) is 7.49. The van der Waals surface area contributed by atoms with Crippen molar-refractivity contribution in [2.45, 2.75) is 45.3 Å². The van der Waals surface area contributed by atoms with Crippen LogP contribution in [-0.2, 0) is 6.54 Å². The van der Waals surface area contributed by atoms with Crippen molar-refractivity contribution in [2.24, 2.45) is 0 Å².